The smallest absolute Gasteiger partial charge is 0.223 e. The summed E-state index contributed by atoms with van der Waals surface area (Å²) in [5, 5.41) is 4.02. The maximum absolute atomic E-state index is 12.7. The van der Waals surface area contributed by atoms with Crippen LogP contribution in [-0.4, -0.2) is 31.7 Å². The Hall–Kier alpha value is -2.64. The number of nitrogens with one attached hydrogen (secondary N) is 1. The van der Waals surface area contributed by atoms with Gasteiger partial charge in [0.05, 0.1) is 12.3 Å². The van der Waals surface area contributed by atoms with Gasteiger partial charge in [-0.3, -0.25) is 4.79 Å². The molecule has 0 unspecified atom stereocenters. The summed E-state index contributed by atoms with van der Waals surface area (Å²) in [7, 11) is -3.37. The molecule has 0 radical (unpaired) electrons. The first kappa shape index (κ1) is 20.6. The number of carbonyl (C=O) groups excluding carboxylic acids is 1. The van der Waals surface area contributed by atoms with Gasteiger partial charge in [0.2, 0.25) is 15.9 Å². The Morgan fingerprint density at radius 3 is 2.43 bits per heavy atom. The zero-order valence-corrected chi connectivity index (χ0v) is 17.8. The number of sulfonamides is 1. The Morgan fingerprint density at radius 1 is 1.07 bits per heavy atom. The van der Waals surface area contributed by atoms with Crippen LogP contribution in [0.5, 0.6) is 0 Å². The Balaban J connectivity index is 1.31. The molecule has 1 fully saturated rings. The second kappa shape index (κ2) is 8.62. The number of nitrogens with zero attached hydrogens (tertiary/aromatic N) is 1. The van der Waals surface area contributed by atoms with Gasteiger partial charge in [0.15, 0.2) is 0 Å². The van der Waals surface area contributed by atoms with Crippen molar-refractivity contribution in [3.05, 3.63) is 71.5 Å². The quantitative estimate of drug-likeness (QED) is 0.653. The molecule has 1 aromatic heterocycles. The summed E-state index contributed by atoms with van der Waals surface area (Å²) in [5.41, 5.74) is 2.63. The highest BCUT2D eigenvalue weighted by molar-refractivity contribution is 7.88. The summed E-state index contributed by atoms with van der Waals surface area (Å²) in [6.07, 6.45) is 1.05. The Kier molecular flexibility index (Phi) is 5.92. The molecule has 4 rings (SSSR count). The van der Waals surface area contributed by atoms with Crippen LogP contribution in [0.4, 0.5) is 0 Å². The largest absolute Gasteiger partial charge is 0.459 e. The molecule has 1 amide bonds. The van der Waals surface area contributed by atoms with Crippen molar-refractivity contribution < 1.29 is 17.6 Å². The molecule has 1 saturated heterocycles. The highest BCUT2D eigenvalue weighted by Crippen LogP contribution is 2.25. The molecule has 0 bridgehead atoms. The number of aryl methyl sites for hydroxylation is 1. The van der Waals surface area contributed by atoms with Gasteiger partial charge in [-0.15, -0.1) is 0 Å². The van der Waals surface area contributed by atoms with Gasteiger partial charge in [0.1, 0.15) is 11.3 Å². The summed E-state index contributed by atoms with van der Waals surface area (Å²) in [6.45, 7) is 3.07. The van der Waals surface area contributed by atoms with Gasteiger partial charge >= 0.3 is 0 Å². The third kappa shape index (κ3) is 4.42. The van der Waals surface area contributed by atoms with E-state index in [1.807, 2.05) is 61.5 Å². The number of para-hydroxylation sites is 1. The van der Waals surface area contributed by atoms with Crippen molar-refractivity contribution in [2.24, 2.45) is 5.92 Å². The first-order valence-corrected chi connectivity index (χ1v) is 11.8. The zero-order valence-electron chi connectivity index (χ0n) is 17.0. The minimum atomic E-state index is -3.37. The molecule has 2 heterocycles. The van der Waals surface area contributed by atoms with Crippen LogP contribution in [0, 0.1) is 12.8 Å². The molecular formula is C23H26N2O4S. The van der Waals surface area contributed by atoms with E-state index < -0.39 is 10.0 Å². The molecule has 1 aliphatic heterocycles. The standard InChI is InChI=1S/C23H26N2O4S/c1-17-20-9-5-6-10-21(20)29-22(17)15-24-23(26)19-11-13-25(14-12-19)30(27,28)16-18-7-3-2-4-8-18/h2-10,19H,11-16H2,1H3,(H,24,26). The van der Waals surface area contributed by atoms with E-state index in [4.69, 9.17) is 4.42 Å². The molecule has 3 aromatic rings. The summed E-state index contributed by atoms with van der Waals surface area (Å²) in [6, 6.07) is 17.0. The summed E-state index contributed by atoms with van der Waals surface area (Å²) in [4.78, 5) is 12.6. The van der Waals surface area contributed by atoms with E-state index in [1.54, 1.807) is 0 Å². The lowest BCUT2D eigenvalue weighted by Gasteiger charge is -2.30. The van der Waals surface area contributed by atoms with Crippen LogP contribution in [0.1, 0.15) is 29.7 Å². The normalized spacial score (nSPS) is 16.0. The van der Waals surface area contributed by atoms with Crippen LogP contribution >= 0.6 is 0 Å². The van der Waals surface area contributed by atoms with Crippen molar-refractivity contribution in [2.45, 2.75) is 32.1 Å². The number of benzene rings is 2. The van der Waals surface area contributed by atoms with Crippen LogP contribution in [0.2, 0.25) is 0 Å². The number of rotatable bonds is 6. The summed E-state index contributed by atoms with van der Waals surface area (Å²) >= 11 is 0. The molecule has 158 valence electrons. The van der Waals surface area contributed by atoms with E-state index in [2.05, 4.69) is 5.32 Å². The Bertz CT molecular complexity index is 1130. The maximum Gasteiger partial charge on any atom is 0.223 e. The lowest BCUT2D eigenvalue weighted by molar-refractivity contribution is -0.126. The lowest BCUT2D eigenvalue weighted by Crippen LogP contribution is -2.43. The fraction of sp³-hybridized carbons (Fsp3) is 0.348. The van der Waals surface area contributed by atoms with Gasteiger partial charge in [-0.25, -0.2) is 12.7 Å². The van der Waals surface area contributed by atoms with Gasteiger partial charge in [-0.1, -0.05) is 48.5 Å². The molecule has 7 heteroatoms. The number of hydrogen-bond acceptors (Lipinski definition) is 4. The van der Waals surface area contributed by atoms with Crippen LogP contribution in [0.3, 0.4) is 0 Å². The Morgan fingerprint density at radius 2 is 1.73 bits per heavy atom. The number of carbonyl (C=O) groups is 1. The average molecular weight is 427 g/mol. The summed E-state index contributed by atoms with van der Waals surface area (Å²) < 4.78 is 32.7. The van der Waals surface area contributed by atoms with Crippen molar-refractivity contribution in [1.29, 1.82) is 0 Å². The first-order chi connectivity index (χ1) is 14.4. The third-order valence-corrected chi connectivity index (χ3v) is 7.63. The molecule has 0 spiro atoms. The lowest BCUT2D eigenvalue weighted by atomic mass is 9.97. The van der Waals surface area contributed by atoms with E-state index in [-0.39, 0.29) is 17.6 Å². The van der Waals surface area contributed by atoms with Crippen molar-refractivity contribution in [3.8, 4) is 0 Å². The second-order valence-corrected chi connectivity index (χ2v) is 9.75. The molecular weight excluding hydrogens is 400 g/mol. The highest BCUT2D eigenvalue weighted by Gasteiger charge is 2.31. The third-order valence-electron chi connectivity index (χ3n) is 5.78. The zero-order chi connectivity index (χ0) is 21.1. The van der Waals surface area contributed by atoms with E-state index in [1.165, 1.54) is 4.31 Å². The molecule has 1 N–H and O–H groups in total. The van der Waals surface area contributed by atoms with Crippen molar-refractivity contribution in [2.75, 3.05) is 13.1 Å². The van der Waals surface area contributed by atoms with E-state index in [0.717, 1.165) is 27.9 Å². The average Bonchev–Trinajstić information content (AvgIpc) is 3.08. The highest BCUT2D eigenvalue weighted by atomic mass is 32.2. The Labute approximate surface area is 176 Å². The fourth-order valence-electron chi connectivity index (χ4n) is 3.98. The van der Waals surface area contributed by atoms with Crippen LogP contribution < -0.4 is 5.32 Å². The maximum atomic E-state index is 12.7. The molecule has 1 aliphatic rings. The minimum Gasteiger partial charge on any atom is -0.459 e. The monoisotopic (exact) mass is 426 g/mol. The van der Waals surface area contributed by atoms with Gasteiger partial charge in [0.25, 0.3) is 0 Å². The number of piperidine rings is 1. The second-order valence-electron chi connectivity index (χ2n) is 7.78. The minimum absolute atomic E-state index is 0.00394. The van der Waals surface area contributed by atoms with Gasteiger partial charge in [-0.05, 0) is 31.4 Å². The summed E-state index contributed by atoms with van der Waals surface area (Å²) in [5.74, 6) is 0.524. The predicted octanol–water partition coefficient (Wildman–Crippen LogP) is 3.60. The molecule has 2 aromatic carbocycles. The molecule has 0 aliphatic carbocycles. The predicted molar refractivity (Wildman–Crippen MR) is 116 cm³/mol. The van der Waals surface area contributed by atoms with Crippen molar-refractivity contribution >= 4 is 26.9 Å². The van der Waals surface area contributed by atoms with E-state index >= 15 is 0 Å². The molecule has 0 saturated carbocycles. The molecule has 6 nitrogen and oxygen atoms in total. The number of fused-ring (bicyclic) bond motifs is 1. The van der Waals surface area contributed by atoms with Crippen LogP contribution in [-0.2, 0) is 27.1 Å². The number of furan rings is 1. The van der Waals surface area contributed by atoms with E-state index in [9.17, 15) is 13.2 Å². The topological polar surface area (TPSA) is 79.6 Å². The number of amides is 1. The van der Waals surface area contributed by atoms with Gasteiger partial charge < -0.3 is 9.73 Å². The fourth-order valence-corrected chi connectivity index (χ4v) is 5.54. The van der Waals surface area contributed by atoms with Gasteiger partial charge in [0, 0.05) is 30.0 Å². The van der Waals surface area contributed by atoms with Crippen LogP contribution in [0.25, 0.3) is 11.0 Å². The van der Waals surface area contributed by atoms with Crippen LogP contribution in [0.15, 0.2) is 59.0 Å². The van der Waals surface area contributed by atoms with Crippen molar-refractivity contribution in [3.63, 3.8) is 0 Å². The first-order valence-electron chi connectivity index (χ1n) is 10.2. The van der Waals surface area contributed by atoms with Gasteiger partial charge in [-0.2, -0.15) is 0 Å². The molecule has 0 atom stereocenters. The van der Waals surface area contributed by atoms with E-state index in [0.29, 0.717) is 32.5 Å². The van der Waals surface area contributed by atoms with Crippen molar-refractivity contribution in [1.82, 2.24) is 9.62 Å². The molecule has 30 heavy (non-hydrogen) atoms. The SMILES string of the molecule is Cc1c(CNC(=O)C2CCN(S(=O)(=O)Cc3ccccc3)CC2)oc2ccccc12. The number of hydrogen-bond donors (Lipinski definition) is 1.